The highest BCUT2D eigenvalue weighted by atomic mass is 32.1. The summed E-state index contributed by atoms with van der Waals surface area (Å²) in [6.45, 7) is 7.27. The minimum absolute atomic E-state index is 0.0319. The summed E-state index contributed by atoms with van der Waals surface area (Å²) >= 11 is 1.70. The lowest BCUT2D eigenvalue weighted by molar-refractivity contribution is 0.564. The quantitative estimate of drug-likeness (QED) is 0.798. The molecule has 3 nitrogen and oxygen atoms in total. The van der Waals surface area contributed by atoms with Crippen LogP contribution < -0.4 is 5.73 Å². The molecule has 2 aromatic heterocycles. The molecule has 4 heteroatoms. The molecular formula is C17H21N3S. The Bertz CT molecular complexity index is 748. The summed E-state index contributed by atoms with van der Waals surface area (Å²) in [6.07, 6.45) is 0.852. The molecule has 0 unspecified atom stereocenters. The maximum absolute atomic E-state index is 5.84. The third-order valence-electron chi connectivity index (χ3n) is 3.62. The number of nitrogens with two attached hydrogens (primary N) is 1. The van der Waals surface area contributed by atoms with E-state index in [-0.39, 0.29) is 5.41 Å². The second-order valence-corrected chi connectivity index (χ2v) is 7.14. The van der Waals surface area contributed by atoms with Gasteiger partial charge in [-0.1, -0.05) is 51.1 Å². The average molecular weight is 299 g/mol. The van der Waals surface area contributed by atoms with E-state index in [1.54, 1.807) is 11.3 Å². The lowest BCUT2D eigenvalue weighted by atomic mass is 9.90. The van der Waals surface area contributed by atoms with Crippen molar-refractivity contribution in [3.05, 3.63) is 47.1 Å². The van der Waals surface area contributed by atoms with Crippen molar-refractivity contribution in [1.82, 2.24) is 9.38 Å². The van der Waals surface area contributed by atoms with E-state index in [1.165, 1.54) is 17.0 Å². The smallest absolute Gasteiger partial charge is 0.194 e. The van der Waals surface area contributed by atoms with E-state index in [2.05, 4.69) is 54.8 Å². The second kappa shape index (κ2) is 5.28. The molecule has 1 aromatic carbocycles. The van der Waals surface area contributed by atoms with E-state index >= 15 is 0 Å². The largest absolute Gasteiger partial charge is 0.330 e. The summed E-state index contributed by atoms with van der Waals surface area (Å²) in [5.41, 5.74) is 10.7. The Kier molecular flexibility index (Phi) is 3.59. The third-order valence-corrected chi connectivity index (χ3v) is 4.45. The van der Waals surface area contributed by atoms with Gasteiger partial charge in [0.1, 0.15) is 0 Å². The van der Waals surface area contributed by atoms with Crippen LogP contribution in [0.5, 0.6) is 0 Å². The Morgan fingerprint density at radius 2 is 1.90 bits per heavy atom. The molecule has 21 heavy (non-hydrogen) atoms. The van der Waals surface area contributed by atoms with Gasteiger partial charge in [-0.15, -0.1) is 11.3 Å². The fraction of sp³-hybridized carbons (Fsp3) is 0.353. The first-order valence-electron chi connectivity index (χ1n) is 7.27. The molecule has 0 aliphatic rings. The van der Waals surface area contributed by atoms with E-state index in [0.29, 0.717) is 6.54 Å². The fourth-order valence-corrected chi connectivity index (χ4v) is 3.61. The number of benzene rings is 1. The molecule has 0 amide bonds. The number of imidazole rings is 1. The summed E-state index contributed by atoms with van der Waals surface area (Å²) in [7, 11) is 0. The van der Waals surface area contributed by atoms with Crippen LogP contribution in [-0.2, 0) is 11.8 Å². The van der Waals surface area contributed by atoms with Gasteiger partial charge in [0.15, 0.2) is 4.96 Å². The molecule has 0 aliphatic heterocycles. The van der Waals surface area contributed by atoms with Crippen LogP contribution in [0.1, 0.15) is 32.2 Å². The van der Waals surface area contributed by atoms with Gasteiger partial charge in [-0.05, 0) is 12.1 Å². The van der Waals surface area contributed by atoms with E-state index in [9.17, 15) is 0 Å². The van der Waals surface area contributed by atoms with Crippen LogP contribution in [0, 0.1) is 0 Å². The molecule has 0 aliphatic carbocycles. The minimum Gasteiger partial charge on any atom is -0.330 e. The molecule has 3 aromatic rings. The van der Waals surface area contributed by atoms with E-state index < -0.39 is 0 Å². The van der Waals surface area contributed by atoms with Crippen molar-refractivity contribution in [3.8, 4) is 11.3 Å². The van der Waals surface area contributed by atoms with E-state index in [4.69, 9.17) is 10.7 Å². The topological polar surface area (TPSA) is 43.3 Å². The van der Waals surface area contributed by atoms with Crippen LogP contribution in [0.25, 0.3) is 16.2 Å². The van der Waals surface area contributed by atoms with Gasteiger partial charge in [0.05, 0.1) is 11.4 Å². The normalized spacial score (nSPS) is 12.2. The predicted molar refractivity (Wildman–Crippen MR) is 90.0 cm³/mol. The Hall–Kier alpha value is -1.65. The number of fused-ring (bicyclic) bond motifs is 1. The Balaban J connectivity index is 2.27. The number of thiazole rings is 1. The summed E-state index contributed by atoms with van der Waals surface area (Å²) in [5.74, 6) is 0. The second-order valence-electron chi connectivity index (χ2n) is 6.30. The van der Waals surface area contributed by atoms with E-state index in [1.807, 2.05) is 6.07 Å². The van der Waals surface area contributed by atoms with Gasteiger partial charge in [-0.3, -0.25) is 4.40 Å². The molecule has 0 saturated carbocycles. The Morgan fingerprint density at radius 3 is 2.52 bits per heavy atom. The fourth-order valence-electron chi connectivity index (χ4n) is 2.69. The minimum atomic E-state index is 0.0319. The Morgan fingerprint density at radius 1 is 1.19 bits per heavy atom. The van der Waals surface area contributed by atoms with Crippen LogP contribution in [0.3, 0.4) is 0 Å². The zero-order valence-corrected chi connectivity index (χ0v) is 13.6. The van der Waals surface area contributed by atoms with Crippen LogP contribution in [0.2, 0.25) is 0 Å². The van der Waals surface area contributed by atoms with Gasteiger partial charge in [-0.2, -0.15) is 0 Å². The van der Waals surface area contributed by atoms with Gasteiger partial charge >= 0.3 is 0 Å². The van der Waals surface area contributed by atoms with Gasteiger partial charge in [0.2, 0.25) is 0 Å². The highest BCUT2D eigenvalue weighted by Crippen LogP contribution is 2.33. The van der Waals surface area contributed by atoms with Crippen LogP contribution in [0.15, 0.2) is 35.7 Å². The van der Waals surface area contributed by atoms with Crippen LogP contribution in [0.4, 0.5) is 0 Å². The standard InChI is InChI=1S/C17H21N3S/c1-17(2,3)15-13(9-10-18)20-14(11-21-16(20)19-15)12-7-5-4-6-8-12/h4-8,11H,9-10,18H2,1-3H3. The van der Waals surface area contributed by atoms with Crippen molar-refractivity contribution in [2.75, 3.05) is 6.54 Å². The van der Waals surface area contributed by atoms with Crippen molar-refractivity contribution >= 4 is 16.3 Å². The molecule has 0 saturated heterocycles. The SMILES string of the molecule is CC(C)(C)c1nc2scc(-c3ccccc3)n2c1CCN. The first kappa shape index (κ1) is 14.3. The molecule has 0 bridgehead atoms. The van der Waals surface area contributed by atoms with Gasteiger partial charge in [-0.25, -0.2) is 4.98 Å². The molecular weight excluding hydrogens is 278 g/mol. The first-order chi connectivity index (χ1) is 10.0. The summed E-state index contributed by atoms with van der Waals surface area (Å²) < 4.78 is 2.29. The van der Waals surface area contributed by atoms with Crippen LogP contribution in [-0.4, -0.2) is 15.9 Å². The van der Waals surface area contributed by atoms with Crippen molar-refractivity contribution in [2.45, 2.75) is 32.6 Å². The monoisotopic (exact) mass is 299 g/mol. The number of nitrogens with zero attached hydrogens (tertiary/aromatic N) is 2. The molecule has 110 valence electrons. The zero-order chi connectivity index (χ0) is 15.0. The first-order valence-corrected chi connectivity index (χ1v) is 8.15. The van der Waals surface area contributed by atoms with Crippen molar-refractivity contribution in [1.29, 1.82) is 0 Å². The maximum atomic E-state index is 5.84. The lowest BCUT2D eigenvalue weighted by Gasteiger charge is -2.18. The van der Waals surface area contributed by atoms with Gasteiger partial charge in [0.25, 0.3) is 0 Å². The summed E-state index contributed by atoms with van der Waals surface area (Å²) in [5, 5.41) is 2.18. The number of aromatic nitrogens is 2. The summed E-state index contributed by atoms with van der Waals surface area (Å²) in [6, 6.07) is 10.5. The zero-order valence-electron chi connectivity index (χ0n) is 12.8. The van der Waals surface area contributed by atoms with Gasteiger partial charge < -0.3 is 5.73 Å². The Labute approximate surface area is 129 Å². The maximum Gasteiger partial charge on any atom is 0.194 e. The molecule has 0 fully saturated rings. The number of rotatable bonds is 3. The van der Waals surface area contributed by atoms with Crippen molar-refractivity contribution in [2.24, 2.45) is 5.73 Å². The molecule has 2 N–H and O–H groups in total. The number of hydrogen-bond donors (Lipinski definition) is 1. The van der Waals surface area contributed by atoms with Crippen molar-refractivity contribution in [3.63, 3.8) is 0 Å². The predicted octanol–water partition coefficient (Wildman–Crippen LogP) is 3.86. The number of hydrogen-bond acceptors (Lipinski definition) is 3. The molecule has 0 radical (unpaired) electrons. The molecule has 0 atom stereocenters. The molecule has 3 rings (SSSR count). The van der Waals surface area contributed by atoms with E-state index in [0.717, 1.165) is 17.1 Å². The lowest BCUT2D eigenvalue weighted by Crippen LogP contribution is -2.17. The third kappa shape index (κ3) is 2.49. The van der Waals surface area contributed by atoms with Crippen molar-refractivity contribution < 1.29 is 0 Å². The summed E-state index contributed by atoms with van der Waals surface area (Å²) in [4.78, 5) is 5.93. The molecule has 2 heterocycles. The highest BCUT2D eigenvalue weighted by molar-refractivity contribution is 7.15. The average Bonchev–Trinajstić information content (AvgIpc) is 3.00. The van der Waals surface area contributed by atoms with Gasteiger partial charge in [0, 0.05) is 22.9 Å². The van der Waals surface area contributed by atoms with Crippen LogP contribution >= 0.6 is 11.3 Å². The molecule has 0 spiro atoms. The highest BCUT2D eigenvalue weighted by Gasteiger charge is 2.25.